The molecule has 2 aromatic rings. The van der Waals surface area contributed by atoms with Crippen LogP contribution in [-0.2, 0) is 11.8 Å². The van der Waals surface area contributed by atoms with Gasteiger partial charge in [-0.15, -0.1) is 11.8 Å². The number of hydrogen-bond acceptors (Lipinski definition) is 4. The zero-order valence-electron chi connectivity index (χ0n) is 10.1. The summed E-state index contributed by atoms with van der Waals surface area (Å²) in [6, 6.07) is 2.12. The van der Waals surface area contributed by atoms with Gasteiger partial charge in [-0.25, -0.2) is 0 Å². The third kappa shape index (κ3) is 1.85. The molecule has 0 unspecified atom stereocenters. The van der Waals surface area contributed by atoms with Crippen molar-refractivity contribution in [3.8, 4) is 0 Å². The third-order valence-corrected chi connectivity index (χ3v) is 4.99. The van der Waals surface area contributed by atoms with E-state index >= 15 is 0 Å². The fourth-order valence-corrected chi connectivity index (χ4v) is 4.18. The molecule has 1 aliphatic heterocycles. The Balaban J connectivity index is 2.15. The minimum absolute atomic E-state index is 0.0435. The molecule has 0 saturated carbocycles. The molecule has 0 aromatic carbocycles. The molecule has 18 heavy (non-hydrogen) atoms. The molecule has 3 rings (SSSR count). The molecular weight excluding hydrogens is 266 g/mol. The number of aromatic nitrogens is 2. The van der Waals surface area contributed by atoms with Crippen LogP contribution in [0.2, 0.25) is 0 Å². The molecule has 0 aliphatic carbocycles. The van der Waals surface area contributed by atoms with Crippen molar-refractivity contribution in [2.24, 2.45) is 7.05 Å². The molecule has 4 nitrogen and oxygen atoms in total. The number of thiophene rings is 1. The van der Waals surface area contributed by atoms with Gasteiger partial charge in [-0.05, 0) is 29.3 Å². The number of anilines is 1. The summed E-state index contributed by atoms with van der Waals surface area (Å²) < 4.78 is 1.76. The molecule has 0 bridgehead atoms. The van der Waals surface area contributed by atoms with Gasteiger partial charge in [0.25, 0.3) is 0 Å². The van der Waals surface area contributed by atoms with Crippen LogP contribution in [0.3, 0.4) is 0 Å². The number of hydrogen-bond donors (Lipinski definition) is 1. The van der Waals surface area contributed by atoms with E-state index in [1.165, 1.54) is 5.56 Å². The summed E-state index contributed by atoms with van der Waals surface area (Å²) in [5.41, 5.74) is 3.36. The Bertz CT molecular complexity index is 589. The van der Waals surface area contributed by atoms with Crippen LogP contribution in [0.5, 0.6) is 0 Å². The number of thioether (sulfide) groups is 1. The smallest absolute Gasteiger partial charge is 0.235 e. The van der Waals surface area contributed by atoms with Crippen molar-refractivity contribution in [3.63, 3.8) is 0 Å². The Kier molecular flexibility index (Phi) is 2.91. The van der Waals surface area contributed by atoms with E-state index in [0.717, 1.165) is 17.1 Å². The van der Waals surface area contributed by atoms with Gasteiger partial charge in [-0.2, -0.15) is 16.4 Å². The van der Waals surface area contributed by atoms with Crippen molar-refractivity contribution in [1.82, 2.24) is 9.78 Å². The van der Waals surface area contributed by atoms with Gasteiger partial charge >= 0.3 is 0 Å². The fourth-order valence-electron chi connectivity index (χ4n) is 2.23. The number of fused-ring (bicyclic) bond motifs is 1. The highest BCUT2D eigenvalue weighted by molar-refractivity contribution is 8.00. The molecule has 0 radical (unpaired) electrons. The molecule has 0 saturated heterocycles. The van der Waals surface area contributed by atoms with E-state index in [9.17, 15) is 4.79 Å². The van der Waals surface area contributed by atoms with Gasteiger partial charge in [-0.3, -0.25) is 9.48 Å². The molecule has 3 heterocycles. The normalized spacial score (nSPS) is 19.2. The first-order chi connectivity index (χ1) is 8.66. The second-order valence-corrected chi connectivity index (χ2v) is 6.14. The predicted octanol–water partition coefficient (Wildman–Crippen LogP) is 2.56. The van der Waals surface area contributed by atoms with E-state index in [1.807, 2.05) is 14.0 Å². The first kappa shape index (κ1) is 11.8. The number of aryl methyl sites for hydroxylation is 2. The number of nitrogens with zero attached hydrogens (tertiary/aromatic N) is 2. The number of carbonyl (C=O) groups excluding carboxylic acids is 1. The first-order valence-electron chi connectivity index (χ1n) is 5.64. The Morgan fingerprint density at radius 1 is 1.56 bits per heavy atom. The van der Waals surface area contributed by atoms with Crippen molar-refractivity contribution >= 4 is 34.8 Å². The van der Waals surface area contributed by atoms with Crippen molar-refractivity contribution < 1.29 is 4.79 Å². The highest BCUT2D eigenvalue weighted by Crippen LogP contribution is 2.43. The molecule has 1 amide bonds. The lowest BCUT2D eigenvalue weighted by Gasteiger charge is -2.12. The minimum atomic E-state index is 0.0435. The SMILES string of the molecule is Cc1nn(C)c2c1[C@H](c1ccsc1)SCC(=O)N2. The number of carbonyl (C=O) groups is 1. The molecule has 6 heteroatoms. The van der Waals surface area contributed by atoms with Gasteiger partial charge in [0, 0.05) is 12.6 Å². The summed E-state index contributed by atoms with van der Waals surface area (Å²) in [5, 5.41) is 11.8. The maximum Gasteiger partial charge on any atom is 0.235 e. The predicted molar refractivity (Wildman–Crippen MR) is 75.2 cm³/mol. The Hall–Kier alpha value is -1.27. The van der Waals surface area contributed by atoms with Crippen molar-refractivity contribution in [1.29, 1.82) is 0 Å². The highest BCUT2D eigenvalue weighted by Gasteiger charge is 2.29. The van der Waals surface area contributed by atoms with Crippen LogP contribution in [0.1, 0.15) is 22.1 Å². The molecule has 1 aliphatic rings. The maximum absolute atomic E-state index is 11.8. The lowest BCUT2D eigenvalue weighted by atomic mass is 10.1. The lowest BCUT2D eigenvalue weighted by molar-refractivity contribution is -0.113. The van der Waals surface area contributed by atoms with Crippen molar-refractivity contribution in [2.45, 2.75) is 12.2 Å². The fraction of sp³-hybridized carbons (Fsp3) is 0.333. The van der Waals surface area contributed by atoms with E-state index in [0.29, 0.717) is 5.75 Å². The topological polar surface area (TPSA) is 46.9 Å². The zero-order valence-corrected chi connectivity index (χ0v) is 11.8. The average Bonchev–Trinajstić information content (AvgIpc) is 2.88. The average molecular weight is 279 g/mol. The van der Waals surface area contributed by atoms with Gasteiger partial charge < -0.3 is 5.32 Å². The van der Waals surface area contributed by atoms with Crippen LogP contribution in [0.25, 0.3) is 0 Å². The maximum atomic E-state index is 11.8. The molecule has 94 valence electrons. The van der Waals surface area contributed by atoms with Crippen LogP contribution < -0.4 is 5.32 Å². The summed E-state index contributed by atoms with van der Waals surface area (Å²) in [6.07, 6.45) is 0. The van der Waals surface area contributed by atoms with Crippen molar-refractivity contribution in [2.75, 3.05) is 11.1 Å². The van der Waals surface area contributed by atoms with Crippen LogP contribution in [0.4, 0.5) is 5.82 Å². The van der Waals surface area contributed by atoms with Gasteiger partial charge in [0.2, 0.25) is 5.91 Å². The monoisotopic (exact) mass is 279 g/mol. The summed E-state index contributed by atoms with van der Waals surface area (Å²) in [5.74, 6) is 1.36. The Morgan fingerprint density at radius 3 is 3.11 bits per heavy atom. The van der Waals surface area contributed by atoms with E-state index in [4.69, 9.17) is 0 Å². The Labute approximate surface area is 113 Å². The number of nitrogens with one attached hydrogen (secondary N) is 1. The molecule has 2 aromatic heterocycles. The molecular formula is C12H13N3OS2. The minimum Gasteiger partial charge on any atom is -0.310 e. The van der Waals surface area contributed by atoms with E-state index < -0.39 is 0 Å². The summed E-state index contributed by atoms with van der Waals surface area (Å²) in [7, 11) is 1.87. The number of rotatable bonds is 1. The van der Waals surface area contributed by atoms with Gasteiger partial charge in [0.1, 0.15) is 5.82 Å². The third-order valence-electron chi connectivity index (χ3n) is 3.02. The highest BCUT2D eigenvalue weighted by atomic mass is 32.2. The molecule has 1 atom stereocenters. The molecule has 0 spiro atoms. The van der Waals surface area contributed by atoms with E-state index in [2.05, 4.69) is 27.2 Å². The molecule has 0 fully saturated rings. The largest absolute Gasteiger partial charge is 0.310 e. The summed E-state index contributed by atoms with van der Waals surface area (Å²) in [6.45, 7) is 2.00. The van der Waals surface area contributed by atoms with Gasteiger partial charge in [0.05, 0.1) is 16.7 Å². The van der Waals surface area contributed by atoms with Crippen LogP contribution in [-0.4, -0.2) is 21.4 Å². The lowest BCUT2D eigenvalue weighted by Crippen LogP contribution is -2.15. The van der Waals surface area contributed by atoms with Crippen molar-refractivity contribution in [3.05, 3.63) is 33.6 Å². The van der Waals surface area contributed by atoms with E-state index in [-0.39, 0.29) is 11.2 Å². The van der Waals surface area contributed by atoms with Crippen LogP contribution in [0.15, 0.2) is 16.8 Å². The molecule has 1 N–H and O–H groups in total. The van der Waals surface area contributed by atoms with Gasteiger partial charge in [0.15, 0.2) is 0 Å². The summed E-state index contributed by atoms with van der Waals surface area (Å²) >= 11 is 3.34. The second kappa shape index (κ2) is 4.44. The van der Waals surface area contributed by atoms with Crippen LogP contribution in [0, 0.1) is 6.92 Å². The Morgan fingerprint density at radius 2 is 2.39 bits per heavy atom. The zero-order chi connectivity index (χ0) is 12.7. The van der Waals surface area contributed by atoms with Gasteiger partial charge in [-0.1, -0.05) is 0 Å². The summed E-state index contributed by atoms with van der Waals surface area (Å²) in [4.78, 5) is 11.8. The first-order valence-corrected chi connectivity index (χ1v) is 7.63. The van der Waals surface area contributed by atoms with Crippen LogP contribution >= 0.6 is 23.1 Å². The number of amides is 1. The standard InChI is InChI=1S/C12H13N3OS2/c1-7-10-11(8-3-4-17-5-8)18-6-9(16)13-12(10)15(2)14-7/h3-5,11H,6H2,1-2H3,(H,13,16)/t11-/m0/s1. The quantitative estimate of drug-likeness (QED) is 0.872. The second-order valence-electron chi connectivity index (χ2n) is 4.27. The van der Waals surface area contributed by atoms with E-state index in [1.54, 1.807) is 27.8 Å².